The summed E-state index contributed by atoms with van der Waals surface area (Å²) in [6.45, 7) is 1.80. The zero-order chi connectivity index (χ0) is 23.8. The minimum atomic E-state index is -4.70. The second-order valence-corrected chi connectivity index (χ2v) is 9.41. The van der Waals surface area contributed by atoms with Gasteiger partial charge in [0.05, 0.1) is 24.8 Å². The van der Waals surface area contributed by atoms with Gasteiger partial charge in [-0.1, -0.05) is 50.4 Å². The number of nitrogens with zero attached hydrogens (tertiary/aromatic N) is 2. The predicted octanol–water partition coefficient (Wildman–Crippen LogP) is 5.07. The first-order valence-corrected chi connectivity index (χ1v) is 12.5. The van der Waals surface area contributed by atoms with Crippen LogP contribution in [0.1, 0.15) is 62.1 Å². The van der Waals surface area contributed by atoms with Gasteiger partial charge in [-0.3, -0.25) is 4.52 Å². The average Bonchev–Trinajstić information content (AvgIpc) is 3.20. The van der Waals surface area contributed by atoms with Crippen LogP contribution < -0.4 is 10.5 Å². The molecule has 4 N–H and O–H groups in total. The summed E-state index contributed by atoms with van der Waals surface area (Å²) in [5, 5.41) is 8.00. The highest BCUT2D eigenvalue weighted by molar-refractivity contribution is 7.46. The zero-order valence-electron chi connectivity index (χ0n) is 17.5. The fraction of sp³-hybridized carbons (Fsp3) is 0.579. The number of hydrogen-bond acceptors (Lipinski definition) is 7. The number of alkyl halides is 3. The molecule has 0 fully saturated rings. The first-order valence-electron chi connectivity index (χ1n) is 10.1. The summed E-state index contributed by atoms with van der Waals surface area (Å²) in [7, 11) is -4.70. The molecule has 0 amide bonds. The Morgan fingerprint density at radius 1 is 1.16 bits per heavy atom. The third kappa shape index (κ3) is 8.76. The van der Waals surface area contributed by atoms with Crippen molar-refractivity contribution < 1.29 is 36.8 Å². The molecule has 0 spiro atoms. The van der Waals surface area contributed by atoms with E-state index in [4.69, 9.17) is 20.3 Å². The number of benzene rings is 1. The minimum absolute atomic E-state index is 0.172. The molecule has 0 unspecified atom stereocenters. The molecule has 0 aliphatic rings. The number of aromatic nitrogens is 2. The van der Waals surface area contributed by atoms with E-state index >= 15 is 0 Å². The van der Waals surface area contributed by atoms with E-state index in [1.165, 1.54) is 12.1 Å². The van der Waals surface area contributed by atoms with Gasteiger partial charge >= 0.3 is 14.0 Å². The number of ether oxygens (including phenoxy) is 1. The van der Waals surface area contributed by atoms with Crippen molar-refractivity contribution in [3.8, 4) is 16.3 Å². The molecule has 0 aliphatic heterocycles. The van der Waals surface area contributed by atoms with E-state index in [0.717, 1.165) is 49.5 Å². The molecular weight excluding hydrogens is 470 g/mol. The first kappa shape index (κ1) is 26.7. The molecule has 1 aromatic heterocycles. The van der Waals surface area contributed by atoms with Crippen LogP contribution in [0.15, 0.2) is 18.2 Å². The van der Waals surface area contributed by atoms with Crippen LogP contribution in [-0.4, -0.2) is 33.2 Å². The van der Waals surface area contributed by atoms with E-state index in [-0.39, 0.29) is 27.9 Å². The highest BCUT2D eigenvalue weighted by Crippen LogP contribution is 2.40. The Balaban J connectivity index is 2.07. The second-order valence-electron chi connectivity index (χ2n) is 7.16. The van der Waals surface area contributed by atoms with Crippen LogP contribution in [0.4, 0.5) is 13.2 Å². The van der Waals surface area contributed by atoms with Crippen LogP contribution in [0.2, 0.25) is 0 Å². The van der Waals surface area contributed by atoms with Gasteiger partial charge in [-0.05, 0) is 24.6 Å². The van der Waals surface area contributed by atoms with Gasteiger partial charge in [0.2, 0.25) is 0 Å². The van der Waals surface area contributed by atoms with Crippen molar-refractivity contribution in [1.29, 1.82) is 0 Å². The normalized spacial score (nSPS) is 13.3. The lowest BCUT2D eigenvalue weighted by atomic mass is 10.1. The molecule has 13 heteroatoms. The Morgan fingerprint density at radius 2 is 1.84 bits per heavy atom. The van der Waals surface area contributed by atoms with Gasteiger partial charge in [0, 0.05) is 5.56 Å². The summed E-state index contributed by atoms with van der Waals surface area (Å²) in [4.78, 5) is 17.5. The number of phosphoric acid groups is 1. The maximum atomic E-state index is 13.6. The molecule has 32 heavy (non-hydrogen) atoms. The van der Waals surface area contributed by atoms with Crippen molar-refractivity contribution in [2.45, 2.75) is 57.7 Å². The standard InChI is InChI=1S/C19H27F3N3O5PS/c1-2-3-4-5-6-7-10-29-16-9-8-13(11-14(16)19(20,21)22)17-24-25-18(32-17)15(23)12-30-31(26,27)28/h8-9,11,15H,2-7,10,12,23H2,1H3,(H2,26,27,28)/t15-/m0/s1. The summed E-state index contributed by atoms with van der Waals surface area (Å²) in [5.74, 6) is -0.244. The van der Waals surface area contributed by atoms with Gasteiger partial charge in [-0.15, -0.1) is 10.2 Å². The summed E-state index contributed by atoms with van der Waals surface area (Å²) in [5.41, 5.74) is 5.03. The average molecular weight is 497 g/mol. The fourth-order valence-corrected chi connectivity index (χ4v) is 4.01. The van der Waals surface area contributed by atoms with Crippen molar-refractivity contribution in [2.24, 2.45) is 5.73 Å². The molecule has 180 valence electrons. The van der Waals surface area contributed by atoms with Gasteiger partial charge < -0.3 is 20.3 Å². The Kier molecular flexibility index (Phi) is 10.1. The number of unbranched alkanes of at least 4 members (excludes halogenated alkanes) is 5. The lowest BCUT2D eigenvalue weighted by Gasteiger charge is -2.15. The minimum Gasteiger partial charge on any atom is -0.493 e. The molecule has 2 rings (SSSR count). The van der Waals surface area contributed by atoms with Gasteiger partial charge in [0.1, 0.15) is 15.8 Å². The summed E-state index contributed by atoms with van der Waals surface area (Å²) >= 11 is 0.912. The Hall–Kier alpha value is -1.56. The van der Waals surface area contributed by atoms with Gasteiger partial charge in [-0.2, -0.15) is 13.2 Å². The van der Waals surface area contributed by atoms with E-state index in [2.05, 4.69) is 21.6 Å². The highest BCUT2D eigenvalue weighted by atomic mass is 32.1. The molecular formula is C19H27F3N3O5PS. The fourth-order valence-electron chi connectivity index (χ4n) is 2.82. The van der Waals surface area contributed by atoms with Crippen molar-refractivity contribution >= 4 is 19.2 Å². The van der Waals surface area contributed by atoms with E-state index in [1.54, 1.807) is 0 Å². The Bertz CT molecular complexity index is 907. The van der Waals surface area contributed by atoms with Gasteiger partial charge in [0.25, 0.3) is 0 Å². The summed E-state index contributed by atoms with van der Waals surface area (Å²) in [6.07, 6.45) is 1.38. The molecule has 2 aromatic rings. The largest absolute Gasteiger partial charge is 0.493 e. The number of rotatable bonds is 13. The SMILES string of the molecule is CCCCCCCCOc1ccc(-c2nnc([C@@H](N)COP(=O)(O)O)s2)cc1C(F)(F)F. The Morgan fingerprint density at radius 3 is 2.50 bits per heavy atom. The van der Waals surface area contributed by atoms with Crippen LogP contribution in [0.3, 0.4) is 0 Å². The molecule has 1 heterocycles. The van der Waals surface area contributed by atoms with Crippen LogP contribution in [-0.2, 0) is 15.3 Å². The van der Waals surface area contributed by atoms with Crippen LogP contribution in [0.5, 0.6) is 5.75 Å². The lowest BCUT2D eigenvalue weighted by Crippen LogP contribution is -2.16. The monoisotopic (exact) mass is 497 g/mol. The van der Waals surface area contributed by atoms with E-state index < -0.39 is 32.2 Å². The third-order valence-corrected chi connectivity index (χ3v) is 6.06. The molecule has 8 nitrogen and oxygen atoms in total. The molecule has 1 atom stereocenters. The maximum Gasteiger partial charge on any atom is 0.469 e. The van der Waals surface area contributed by atoms with Crippen LogP contribution in [0, 0.1) is 0 Å². The van der Waals surface area contributed by atoms with Crippen LogP contribution >= 0.6 is 19.2 Å². The summed E-state index contributed by atoms with van der Waals surface area (Å²) in [6, 6.07) is 2.66. The Labute approximate surface area is 188 Å². The number of hydrogen-bond donors (Lipinski definition) is 3. The number of phosphoric ester groups is 1. The van der Waals surface area contributed by atoms with Crippen molar-refractivity contribution in [1.82, 2.24) is 10.2 Å². The van der Waals surface area contributed by atoms with Gasteiger partial charge in [-0.25, -0.2) is 4.57 Å². The number of nitrogens with two attached hydrogens (primary N) is 1. The quantitative estimate of drug-likeness (QED) is 0.258. The lowest BCUT2D eigenvalue weighted by molar-refractivity contribution is -0.138. The topological polar surface area (TPSA) is 128 Å². The van der Waals surface area contributed by atoms with Gasteiger partial charge in [0.15, 0.2) is 0 Å². The predicted molar refractivity (Wildman–Crippen MR) is 114 cm³/mol. The summed E-state index contributed by atoms with van der Waals surface area (Å²) < 4.78 is 61.3. The van der Waals surface area contributed by atoms with E-state index in [0.29, 0.717) is 6.42 Å². The molecule has 0 saturated carbocycles. The third-order valence-electron chi connectivity index (χ3n) is 4.47. The molecule has 0 aliphatic carbocycles. The molecule has 0 radical (unpaired) electrons. The maximum absolute atomic E-state index is 13.6. The van der Waals surface area contributed by atoms with Crippen molar-refractivity contribution in [3.63, 3.8) is 0 Å². The highest BCUT2D eigenvalue weighted by Gasteiger charge is 2.35. The second kappa shape index (κ2) is 12.1. The van der Waals surface area contributed by atoms with E-state index in [1.807, 2.05) is 0 Å². The van der Waals surface area contributed by atoms with Crippen molar-refractivity contribution in [3.05, 3.63) is 28.8 Å². The van der Waals surface area contributed by atoms with E-state index in [9.17, 15) is 17.7 Å². The smallest absolute Gasteiger partial charge is 0.469 e. The zero-order valence-corrected chi connectivity index (χ0v) is 19.3. The molecule has 0 saturated heterocycles. The molecule has 0 bridgehead atoms. The van der Waals surface area contributed by atoms with Crippen molar-refractivity contribution in [2.75, 3.05) is 13.2 Å². The molecule has 1 aromatic carbocycles. The first-order chi connectivity index (χ1) is 15.0. The van der Waals surface area contributed by atoms with Crippen LogP contribution in [0.25, 0.3) is 10.6 Å². The number of halogens is 3.